The van der Waals surface area contributed by atoms with Gasteiger partial charge in [-0.2, -0.15) is 0 Å². The second-order valence-corrected chi connectivity index (χ2v) is 3.02. The van der Waals surface area contributed by atoms with Gasteiger partial charge in [-0.05, 0) is 18.9 Å². The fraction of sp³-hybridized carbons (Fsp3) is 0.600. The van der Waals surface area contributed by atoms with E-state index in [1.165, 1.54) is 12.0 Å². The Labute approximate surface area is 88.7 Å². The molecule has 0 saturated heterocycles. The number of likely N-dealkylation sites (N-methyl/N-ethyl adjacent to an activating group) is 1. The molecule has 0 heterocycles. The molecule has 66 valence electrons. The van der Waals surface area contributed by atoms with Crippen LogP contribution < -0.4 is 0 Å². The van der Waals surface area contributed by atoms with Crippen LogP contribution in [0.2, 0.25) is 0 Å². The molecule has 0 atom stereocenters. The first kappa shape index (κ1) is 14.4. The van der Waals surface area contributed by atoms with E-state index in [4.69, 9.17) is 0 Å². The number of allylic oxidation sites excluding steroid dienone is 2. The summed E-state index contributed by atoms with van der Waals surface area (Å²) in [6.07, 6.45) is 4.60. The van der Waals surface area contributed by atoms with Crippen molar-refractivity contribution in [2.45, 2.75) is 26.7 Å². The topological polar surface area (TPSA) is 3.24 Å². The van der Waals surface area contributed by atoms with E-state index in [2.05, 4.69) is 26.5 Å². The van der Waals surface area contributed by atoms with Crippen LogP contribution in [0.5, 0.6) is 0 Å². The van der Waals surface area contributed by atoms with Crippen LogP contribution in [0, 0.1) is 0 Å². The molecule has 0 N–H and O–H groups in total. The average Bonchev–Trinajstić information content (AvgIpc) is 1.98. The molecule has 0 radical (unpaired) electrons. The van der Waals surface area contributed by atoms with Crippen LogP contribution in [-0.4, -0.2) is 37.9 Å². The molecule has 0 aromatic rings. The zero-order valence-electron chi connectivity index (χ0n) is 8.15. The van der Waals surface area contributed by atoms with Crippen molar-refractivity contribution in [3.63, 3.8) is 0 Å². The number of hydrogen-bond donors (Lipinski definition) is 0. The molecule has 0 spiro atoms. The van der Waals surface area contributed by atoms with E-state index in [1.807, 2.05) is 19.0 Å². The quantitative estimate of drug-likeness (QED) is 0.451. The molecule has 1 nitrogen and oxygen atoms in total. The van der Waals surface area contributed by atoms with Crippen LogP contribution >= 0.6 is 0 Å². The molecule has 0 aliphatic carbocycles. The zero-order chi connectivity index (χ0) is 8.85. The minimum atomic E-state index is 0. The summed E-state index contributed by atoms with van der Waals surface area (Å²) in [7, 11) is 4.04. The summed E-state index contributed by atoms with van der Waals surface area (Å²) < 4.78 is 0. The van der Waals surface area contributed by atoms with Crippen LogP contribution in [0.15, 0.2) is 23.9 Å². The Hall–Kier alpha value is -0.123. The first-order valence-corrected chi connectivity index (χ1v) is 4.13. The van der Waals surface area contributed by atoms with Crippen molar-refractivity contribution in [1.82, 2.24) is 4.90 Å². The average molecular weight is 161 g/mol. The summed E-state index contributed by atoms with van der Waals surface area (Å²) in [5, 5.41) is 0. The second kappa shape index (κ2) is 7.52. The number of hydrogen-bond acceptors (Lipinski definition) is 1. The van der Waals surface area contributed by atoms with E-state index in [9.17, 15) is 0 Å². The van der Waals surface area contributed by atoms with Gasteiger partial charge in [0.25, 0.3) is 0 Å². The monoisotopic (exact) mass is 161 g/mol. The van der Waals surface area contributed by atoms with Crippen molar-refractivity contribution >= 4 is 18.9 Å². The number of rotatable bonds is 4. The van der Waals surface area contributed by atoms with Crippen LogP contribution in [-0.2, 0) is 0 Å². The van der Waals surface area contributed by atoms with Gasteiger partial charge in [0.1, 0.15) is 0 Å². The standard InChI is InChI=1S/C10H19N.Li.H/c1-6-7-8-9(2)10(3)11(4)5;;/h8H,3,6-7H2,1-2,4-5H3;;. The van der Waals surface area contributed by atoms with Gasteiger partial charge in [0, 0.05) is 19.8 Å². The Morgan fingerprint density at radius 2 is 1.92 bits per heavy atom. The second-order valence-electron chi connectivity index (χ2n) is 3.02. The summed E-state index contributed by atoms with van der Waals surface area (Å²) in [5.41, 5.74) is 2.40. The van der Waals surface area contributed by atoms with E-state index in [0.717, 1.165) is 12.1 Å². The van der Waals surface area contributed by atoms with E-state index >= 15 is 0 Å². The van der Waals surface area contributed by atoms with Crippen LogP contribution in [0.3, 0.4) is 0 Å². The van der Waals surface area contributed by atoms with Gasteiger partial charge >= 0.3 is 18.9 Å². The Morgan fingerprint density at radius 3 is 2.25 bits per heavy atom. The van der Waals surface area contributed by atoms with E-state index in [-0.39, 0.29) is 18.9 Å². The van der Waals surface area contributed by atoms with Gasteiger partial charge in [-0.1, -0.05) is 26.0 Å². The molecule has 0 fully saturated rings. The summed E-state index contributed by atoms with van der Waals surface area (Å²) in [5.74, 6) is 0. The summed E-state index contributed by atoms with van der Waals surface area (Å²) in [6, 6.07) is 0. The molecule has 0 aromatic carbocycles. The molecular weight excluding hydrogens is 141 g/mol. The Morgan fingerprint density at radius 1 is 1.42 bits per heavy atom. The molecule has 0 aliphatic rings. The maximum atomic E-state index is 3.96. The van der Waals surface area contributed by atoms with Crippen LogP contribution in [0.25, 0.3) is 0 Å². The third kappa shape index (κ3) is 5.52. The maximum absolute atomic E-state index is 3.96. The van der Waals surface area contributed by atoms with Gasteiger partial charge < -0.3 is 4.90 Å². The van der Waals surface area contributed by atoms with Crippen molar-refractivity contribution in [1.29, 1.82) is 0 Å². The van der Waals surface area contributed by atoms with Crippen molar-refractivity contribution in [2.75, 3.05) is 14.1 Å². The fourth-order valence-electron chi connectivity index (χ4n) is 0.831. The Bertz CT molecular complexity index is 159. The van der Waals surface area contributed by atoms with E-state index in [0.29, 0.717) is 0 Å². The molecule has 0 bridgehead atoms. The first-order valence-electron chi connectivity index (χ1n) is 4.13. The van der Waals surface area contributed by atoms with Crippen molar-refractivity contribution in [3.05, 3.63) is 23.9 Å². The summed E-state index contributed by atoms with van der Waals surface area (Å²) in [6.45, 7) is 8.26. The SMILES string of the molecule is C=C(C(C)=CCCC)N(C)C.[LiH]. The summed E-state index contributed by atoms with van der Waals surface area (Å²) in [4.78, 5) is 2.04. The predicted molar refractivity (Wildman–Crippen MR) is 58.6 cm³/mol. The number of unbranched alkanes of at least 4 members (excludes halogenated alkanes) is 1. The van der Waals surface area contributed by atoms with Crippen molar-refractivity contribution in [2.24, 2.45) is 0 Å². The van der Waals surface area contributed by atoms with Crippen molar-refractivity contribution in [3.8, 4) is 0 Å². The first-order chi connectivity index (χ1) is 5.09. The predicted octanol–water partition coefficient (Wildman–Crippen LogP) is 2.16. The molecule has 12 heavy (non-hydrogen) atoms. The third-order valence-corrected chi connectivity index (χ3v) is 1.73. The van der Waals surface area contributed by atoms with Crippen molar-refractivity contribution < 1.29 is 0 Å². The molecule has 0 amide bonds. The van der Waals surface area contributed by atoms with Gasteiger partial charge in [0.05, 0.1) is 0 Å². The van der Waals surface area contributed by atoms with Gasteiger partial charge in [0.2, 0.25) is 0 Å². The Balaban J connectivity index is 0. The fourth-order valence-corrected chi connectivity index (χ4v) is 0.831. The molecule has 0 aromatic heterocycles. The molecular formula is C10H20LiN. The van der Waals surface area contributed by atoms with Gasteiger partial charge in [-0.25, -0.2) is 0 Å². The van der Waals surface area contributed by atoms with Crippen LogP contribution in [0.4, 0.5) is 0 Å². The Kier molecular flexibility index (Phi) is 9.03. The van der Waals surface area contributed by atoms with Gasteiger partial charge in [0.15, 0.2) is 0 Å². The number of nitrogens with zero attached hydrogens (tertiary/aromatic N) is 1. The van der Waals surface area contributed by atoms with Crippen LogP contribution in [0.1, 0.15) is 26.7 Å². The normalized spacial score (nSPS) is 10.5. The van der Waals surface area contributed by atoms with E-state index < -0.39 is 0 Å². The summed E-state index contributed by atoms with van der Waals surface area (Å²) >= 11 is 0. The molecule has 2 heteroatoms. The molecule has 0 aliphatic heterocycles. The van der Waals surface area contributed by atoms with E-state index in [1.54, 1.807) is 0 Å². The molecule has 0 unspecified atom stereocenters. The zero-order valence-corrected chi connectivity index (χ0v) is 8.15. The van der Waals surface area contributed by atoms with Gasteiger partial charge in [-0.3, -0.25) is 0 Å². The van der Waals surface area contributed by atoms with Gasteiger partial charge in [-0.15, -0.1) is 0 Å². The third-order valence-electron chi connectivity index (χ3n) is 1.73. The molecule has 0 rings (SSSR count). The molecule has 0 saturated carbocycles. The minimum absolute atomic E-state index is 0.